The molecule has 1 heterocycles. The number of aryl methyl sites for hydroxylation is 1. The van der Waals surface area contributed by atoms with Crippen molar-refractivity contribution in [2.24, 2.45) is 0 Å². The molecular formula is C13H12N2OS. The average molecular weight is 244 g/mol. The number of hydrogen-bond acceptors (Lipinski definition) is 4. The standard InChI is InChI=1S/C13H12N2OS/c1-16-11-5-2-4-10(8-11)12-9-17-13(15-12)6-3-7-14/h2,4-5,8-9H,3,6H2,1H3. The normalized spacial score (nSPS) is 9.88. The largest absolute Gasteiger partial charge is 0.497 e. The third-order valence-corrected chi connectivity index (χ3v) is 3.28. The number of hydrogen-bond donors (Lipinski definition) is 0. The highest BCUT2D eigenvalue weighted by Crippen LogP contribution is 2.25. The molecule has 17 heavy (non-hydrogen) atoms. The first-order valence-corrected chi connectivity index (χ1v) is 6.17. The molecule has 0 bridgehead atoms. The molecule has 0 fully saturated rings. The molecule has 0 aliphatic rings. The maximum absolute atomic E-state index is 8.53. The van der Waals surface area contributed by atoms with Gasteiger partial charge in [0, 0.05) is 23.8 Å². The van der Waals surface area contributed by atoms with Crippen molar-refractivity contribution < 1.29 is 4.74 Å². The SMILES string of the molecule is COc1cccc(-c2csc(CCC#N)n2)c1. The Morgan fingerprint density at radius 1 is 1.47 bits per heavy atom. The quantitative estimate of drug-likeness (QED) is 0.829. The molecule has 0 amide bonds. The molecule has 0 N–H and O–H groups in total. The fraction of sp³-hybridized carbons (Fsp3) is 0.231. The van der Waals surface area contributed by atoms with E-state index in [-0.39, 0.29) is 0 Å². The number of aromatic nitrogens is 1. The van der Waals surface area contributed by atoms with Crippen molar-refractivity contribution >= 4 is 11.3 Å². The minimum atomic E-state index is 0.519. The van der Waals surface area contributed by atoms with Crippen LogP contribution in [0.2, 0.25) is 0 Å². The predicted octanol–water partition coefficient (Wildman–Crippen LogP) is 3.27. The number of thiazole rings is 1. The fourth-order valence-corrected chi connectivity index (χ4v) is 2.31. The lowest BCUT2D eigenvalue weighted by atomic mass is 10.1. The zero-order valence-electron chi connectivity index (χ0n) is 9.51. The minimum Gasteiger partial charge on any atom is -0.497 e. The van der Waals surface area contributed by atoms with E-state index in [0.717, 1.165) is 28.4 Å². The van der Waals surface area contributed by atoms with Crippen molar-refractivity contribution in [1.29, 1.82) is 5.26 Å². The van der Waals surface area contributed by atoms with Crippen LogP contribution in [0.15, 0.2) is 29.6 Å². The van der Waals surface area contributed by atoms with Crippen LogP contribution in [-0.2, 0) is 6.42 Å². The van der Waals surface area contributed by atoms with Gasteiger partial charge in [-0.25, -0.2) is 4.98 Å². The summed E-state index contributed by atoms with van der Waals surface area (Å²) in [5.74, 6) is 0.828. The van der Waals surface area contributed by atoms with Crippen molar-refractivity contribution in [3.05, 3.63) is 34.7 Å². The minimum absolute atomic E-state index is 0.519. The summed E-state index contributed by atoms with van der Waals surface area (Å²) in [5, 5.41) is 11.5. The van der Waals surface area contributed by atoms with Gasteiger partial charge in [0.05, 0.1) is 23.9 Å². The lowest BCUT2D eigenvalue weighted by Crippen LogP contribution is -1.85. The van der Waals surface area contributed by atoms with Gasteiger partial charge in [-0.3, -0.25) is 0 Å². The maximum atomic E-state index is 8.53. The van der Waals surface area contributed by atoms with Crippen LogP contribution in [0.5, 0.6) is 5.75 Å². The molecule has 3 nitrogen and oxygen atoms in total. The van der Waals surface area contributed by atoms with Crippen LogP contribution < -0.4 is 4.74 Å². The highest BCUT2D eigenvalue weighted by molar-refractivity contribution is 7.09. The second-order valence-electron chi connectivity index (χ2n) is 3.52. The Morgan fingerprint density at radius 2 is 2.35 bits per heavy atom. The number of nitrogens with zero attached hydrogens (tertiary/aromatic N) is 2. The van der Waals surface area contributed by atoms with E-state index in [9.17, 15) is 0 Å². The predicted molar refractivity (Wildman–Crippen MR) is 68.0 cm³/mol. The molecule has 2 rings (SSSR count). The third kappa shape index (κ3) is 2.83. The summed E-state index contributed by atoms with van der Waals surface area (Å²) in [6.45, 7) is 0. The summed E-state index contributed by atoms with van der Waals surface area (Å²) >= 11 is 1.59. The fourth-order valence-electron chi connectivity index (χ4n) is 1.50. The first-order valence-electron chi connectivity index (χ1n) is 5.29. The Labute approximate surface area is 104 Å². The Hall–Kier alpha value is -1.86. The van der Waals surface area contributed by atoms with Crippen molar-refractivity contribution in [2.45, 2.75) is 12.8 Å². The first kappa shape index (κ1) is 11.6. The number of nitriles is 1. The first-order chi connectivity index (χ1) is 8.33. The summed E-state index contributed by atoms with van der Waals surface area (Å²) in [5.41, 5.74) is 1.99. The van der Waals surface area contributed by atoms with Crippen LogP contribution in [0.3, 0.4) is 0 Å². The summed E-state index contributed by atoms with van der Waals surface area (Å²) < 4.78 is 5.18. The van der Waals surface area contributed by atoms with Gasteiger partial charge in [0.25, 0.3) is 0 Å². The van der Waals surface area contributed by atoms with Crippen LogP contribution >= 0.6 is 11.3 Å². The molecule has 2 aromatic rings. The van der Waals surface area contributed by atoms with Crippen LogP contribution in [0.4, 0.5) is 0 Å². The Kier molecular flexibility index (Phi) is 3.73. The Balaban J connectivity index is 2.21. The molecule has 0 unspecified atom stereocenters. The van der Waals surface area contributed by atoms with Crippen LogP contribution in [0, 0.1) is 11.3 Å². The van der Waals surface area contributed by atoms with E-state index >= 15 is 0 Å². The van der Waals surface area contributed by atoms with Gasteiger partial charge in [0.1, 0.15) is 5.75 Å². The molecule has 0 aliphatic carbocycles. The van der Waals surface area contributed by atoms with Gasteiger partial charge >= 0.3 is 0 Å². The number of rotatable bonds is 4. The van der Waals surface area contributed by atoms with E-state index < -0.39 is 0 Å². The number of ether oxygens (including phenoxy) is 1. The summed E-state index contributed by atoms with van der Waals surface area (Å²) in [4.78, 5) is 4.51. The molecule has 1 aromatic carbocycles. The van der Waals surface area contributed by atoms with E-state index in [1.807, 2.05) is 29.6 Å². The van der Waals surface area contributed by atoms with Crippen LogP contribution in [-0.4, -0.2) is 12.1 Å². The van der Waals surface area contributed by atoms with E-state index in [4.69, 9.17) is 10.00 Å². The zero-order valence-corrected chi connectivity index (χ0v) is 10.3. The van der Waals surface area contributed by atoms with E-state index in [0.29, 0.717) is 6.42 Å². The van der Waals surface area contributed by atoms with Crippen LogP contribution in [0.25, 0.3) is 11.3 Å². The molecule has 0 radical (unpaired) electrons. The molecule has 0 atom stereocenters. The molecule has 0 saturated heterocycles. The Morgan fingerprint density at radius 3 is 3.12 bits per heavy atom. The van der Waals surface area contributed by atoms with Gasteiger partial charge < -0.3 is 4.74 Å². The van der Waals surface area contributed by atoms with E-state index in [1.54, 1.807) is 18.4 Å². The van der Waals surface area contributed by atoms with E-state index in [1.165, 1.54) is 0 Å². The second-order valence-corrected chi connectivity index (χ2v) is 4.46. The van der Waals surface area contributed by atoms with Gasteiger partial charge in [-0.1, -0.05) is 12.1 Å². The number of benzene rings is 1. The third-order valence-electron chi connectivity index (χ3n) is 2.37. The number of methoxy groups -OCH3 is 1. The van der Waals surface area contributed by atoms with Crippen molar-refractivity contribution in [1.82, 2.24) is 4.98 Å². The van der Waals surface area contributed by atoms with Crippen molar-refractivity contribution in [2.75, 3.05) is 7.11 Å². The molecule has 0 saturated carbocycles. The average Bonchev–Trinajstić information content (AvgIpc) is 2.85. The van der Waals surface area contributed by atoms with Gasteiger partial charge in [-0.2, -0.15) is 5.26 Å². The maximum Gasteiger partial charge on any atom is 0.119 e. The molecule has 0 spiro atoms. The van der Waals surface area contributed by atoms with E-state index in [2.05, 4.69) is 11.1 Å². The molecule has 0 aliphatic heterocycles. The molecule has 1 aromatic heterocycles. The van der Waals surface area contributed by atoms with Gasteiger partial charge in [-0.05, 0) is 12.1 Å². The smallest absolute Gasteiger partial charge is 0.119 e. The van der Waals surface area contributed by atoms with Crippen LogP contribution in [0.1, 0.15) is 11.4 Å². The lowest BCUT2D eigenvalue weighted by Gasteiger charge is -2.01. The van der Waals surface area contributed by atoms with Crippen molar-refractivity contribution in [3.63, 3.8) is 0 Å². The highest BCUT2D eigenvalue weighted by Gasteiger charge is 2.05. The highest BCUT2D eigenvalue weighted by atomic mass is 32.1. The molecular weight excluding hydrogens is 232 g/mol. The summed E-state index contributed by atoms with van der Waals surface area (Å²) in [7, 11) is 1.65. The summed E-state index contributed by atoms with van der Waals surface area (Å²) in [6.07, 6.45) is 1.25. The van der Waals surface area contributed by atoms with Gasteiger partial charge in [0.2, 0.25) is 0 Å². The molecule has 4 heteroatoms. The van der Waals surface area contributed by atoms with Gasteiger partial charge in [-0.15, -0.1) is 11.3 Å². The Bertz CT molecular complexity index is 542. The second kappa shape index (κ2) is 5.46. The molecule has 86 valence electrons. The van der Waals surface area contributed by atoms with Crippen molar-refractivity contribution in [3.8, 4) is 23.1 Å². The monoisotopic (exact) mass is 244 g/mol. The topological polar surface area (TPSA) is 45.9 Å². The lowest BCUT2D eigenvalue weighted by molar-refractivity contribution is 0.415. The van der Waals surface area contributed by atoms with Gasteiger partial charge in [0.15, 0.2) is 0 Å². The zero-order chi connectivity index (χ0) is 12.1. The summed E-state index contributed by atoms with van der Waals surface area (Å²) in [6, 6.07) is 9.95.